The fraction of sp³-hybridized carbons (Fsp3) is 0.571. The molecule has 0 unspecified atom stereocenters. The molecule has 0 bridgehead atoms. The largest absolute Gasteiger partial charge is 0.490 e. The highest BCUT2D eigenvalue weighted by molar-refractivity contribution is 5.30. The number of aromatic nitrogens is 1. The van der Waals surface area contributed by atoms with Crippen molar-refractivity contribution in [2.24, 2.45) is 5.92 Å². The van der Waals surface area contributed by atoms with Crippen molar-refractivity contribution < 1.29 is 4.74 Å². The molecule has 1 aliphatic heterocycles. The Bertz CT molecular complexity index is 390. The van der Waals surface area contributed by atoms with Gasteiger partial charge in [-0.05, 0) is 49.3 Å². The topological polar surface area (TPSA) is 34.1 Å². The molecule has 2 aliphatic rings. The van der Waals surface area contributed by atoms with E-state index in [4.69, 9.17) is 4.74 Å². The van der Waals surface area contributed by atoms with Crippen LogP contribution >= 0.6 is 0 Å². The first-order valence-electron chi connectivity index (χ1n) is 6.47. The summed E-state index contributed by atoms with van der Waals surface area (Å²) in [5.74, 6) is 2.34. The summed E-state index contributed by atoms with van der Waals surface area (Å²) < 4.78 is 5.76. The minimum atomic E-state index is 0.534. The average Bonchev–Trinajstić information content (AvgIpc) is 3.07. The third kappa shape index (κ3) is 2.44. The zero-order chi connectivity index (χ0) is 11.7. The molecule has 1 aromatic heterocycles. The SMILES string of the molecule is [CH2]C[C@@H]1C[C@@H]1c1cncc(OC[C@@H]2CCN2)c1. The molecule has 2 heterocycles. The van der Waals surface area contributed by atoms with Crippen LogP contribution in [0.15, 0.2) is 18.5 Å². The Morgan fingerprint density at radius 2 is 2.35 bits per heavy atom. The van der Waals surface area contributed by atoms with Gasteiger partial charge in [0.1, 0.15) is 12.4 Å². The van der Waals surface area contributed by atoms with Crippen molar-refractivity contribution >= 4 is 0 Å². The minimum Gasteiger partial charge on any atom is -0.490 e. The second-order valence-electron chi connectivity index (χ2n) is 5.10. The van der Waals surface area contributed by atoms with Crippen molar-refractivity contribution in [1.29, 1.82) is 0 Å². The predicted octanol–water partition coefficient (Wildman–Crippen LogP) is 2.15. The van der Waals surface area contributed by atoms with E-state index in [1.54, 1.807) is 0 Å². The van der Waals surface area contributed by atoms with E-state index >= 15 is 0 Å². The van der Waals surface area contributed by atoms with Crippen LogP contribution in [-0.4, -0.2) is 24.2 Å². The Balaban J connectivity index is 1.58. The molecule has 17 heavy (non-hydrogen) atoms. The Kier molecular flexibility index (Phi) is 3.02. The zero-order valence-corrected chi connectivity index (χ0v) is 10.1. The van der Waals surface area contributed by atoms with Gasteiger partial charge < -0.3 is 10.1 Å². The van der Waals surface area contributed by atoms with E-state index in [-0.39, 0.29) is 0 Å². The smallest absolute Gasteiger partial charge is 0.137 e. The van der Waals surface area contributed by atoms with Crippen molar-refractivity contribution in [3.63, 3.8) is 0 Å². The fourth-order valence-corrected chi connectivity index (χ4v) is 2.38. The second-order valence-corrected chi connectivity index (χ2v) is 5.10. The van der Waals surface area contributed by atoms with Crippen molar-refractivity contribution in [2.45, 2.75) is 31.2 Å². The first kappa shape index (κ1) is 11.0. The average molecular weight is 231 g/mol. The summed E-state index contributed by atoms with van der Waals surface area (Å²) in [4.78, 5) is 4.27. The van der Waals surface area contributed by atoms with Gasteiger partial charge in [0.05, 0.1) is 6.20 Å². The standard InChI is InChI=1S/C14H19N2O/c1-2-10-6-14(10)11-5-13(8-15-7-11)17-9-12-3-4-16-12/h5,7-8,10,12,14,16H,1-4,6,9H2/t10-,12+,14+/m1/s1. The summed E-state index contributed by atoms with van der Waals surface area (Å²) in [5.41, 5.74) is 1.32. The maximum Gasteiger partial charge on any atom is 0.137 e. The van der Waals surface area contributed by atoms with Crippen LogP contribution in [0.5, 0.6) is 5.75 Å². The number of rotatable bonds is 5. The molecule has 91 valence electrons. The van der Waals surface area contributed by atoms with Crippen molar-refractivity contribution in [3.05, 3.63) is 30.9 Å². The zero-order valence-electron chi connectivity index (χ0n) is 10.1. The van der Waals surface area contributed by atoms with Gasteiger partial charge in [-0.25, -0.2) is 0 Å². The Morgan fingerprint density at radius 1 is 1.47 bits per heavy atom. The van der Waals surface area contributed by atoms with Gasteiger partial charge in [0.15, 0.2) is 0 Å². The van der Waals surface area contributed by atoms with Crippen molar-refractivity contribution in [3.8, 4) is 5.75 Å². The van der Waals surface area contributed by atoms with Crippen LogP contribution in [0.1, 0.15) is 30.7 Å². The van der Waals surface area contributed by atoms with Crippen LogP contribution < -0.4 is 10.1 Å². The van der Waals surface area contributed by atoms with E-state index in [0.717, 1.165) is 31.2 Å². The molecule has 3 rings (SSSR count). The third-order valence-electron chi connectivity index (χ3n) is 3.83. The lowest BCUT2D eigenvalue weighted by atomic mass is 10.1. The first-order chi connectivity index (χ1) is 8.36. The molecular weight excluding hydrogens is 212 g/mol. The highest BCUT2D eigenvalue weighted by Gasteiger charge is 2.36. The second kappa shape index (κ2) is 4.65. The highest BCUT2D eigenvalue weighted by Crippen LogP contribution is 2.49. The lowest BCUT2D eigenvalue weighted by molar-refractivity contribution is 0.217. The number of nitrogens with zero attached hydrogens (tertiary/aromatic N) is 1. The van der Waals surface area contributed by atoms with E-state index < -0.39 is 0 Å². The summed E-state index contributed by atoms with van der Waals surface area (Å²) in [6.07, 6.45) is 7.29. The van der Waals surface area contributed by atoms with Gasteiger partial charge in [0.25, 0.3) is 0 Å². The van der Waals surface area contributed by atoms with E-state index in [0.29, 0.717) is 12.0 Å². The van der Waals surface area contributed by atoms with Gasteiger partial charge >= 0.3 is 0 Å². The highest BCUT2D eigenvalue weighted by atomic mass is 16.5. The maximum absolute atomic E-state index is 5.76. The molecule has 3 nitrogen and oxygen atoms in total. The van der Waals surface area contributed by atoms with Gasteiger partial charge in [-0.15, -0.1) is 0 Å². The van der Waals surface area contributed by atoms with Crippen LogP contribution in [-0.2, 0) is 0 Å². The van der Waals surface area contributed by atoms with Crippen LogP contribution in [0, 0.1) is 12.8 Å². The maximum atomic E-state index is 5.76. The number of hydrogen-bond acceptors (Lipinski definition) is 3. The quantitative estimate of drug-likeness (QED) is 0.843. The monoisotopic (exact) mass is 231 g/mol. The van der Waals surface area contributed by atoms with Crippen LogP contribution in [0.2, 0.25) is 0 Å². The van der Waals surface area contributed by atoms with Crippen molar-refractivity contribution in [1.82, 2.24) is 10.3 Å². The van der Waals surface area contributed by atoms with E-state index in [2.05, 4.69) is 23.3 Å². The number of pyridine rings is 1. The molecule has 0 spiro atoms. The molecule has 1 aliphatic carbocycles. The molecule has 3 atom stereocenters. The van der Waals surface area contributed by atoms with Crippen LogP contribution in [0.3, 0.4) is 0 Å². The third-order valence-corrected chi connectivity index (χ3v) is 3.83. The molecule has 0 aromatic carbocycles. The molecule has 1 N–H and O–H groups in total. The number of nitrogens with one attached hydrogen (secondary N) is 1. The van der Waals surface area contributed by atoms with Gasteiger partial charge in [-0.2, -0.15) is 0 Å². The number of hydrogen-bond donors (Lipinski definition) is 1. The van der Waals surface area contributed by atoms with E-state index in [9.17, 15) is 0 Å². The lowest BCUT2D eigenvalue weighted by Gasteiger charge is -2.27. The van der Waals surface area contributed by atoms with Crippen molar-refractivity contribution in [2.75, 3.05) is 13.2 Å². The van der Waals surface area contributed by atoms with Crippen LogP contribution in [0.4, 0.5) is 0 Å². The first-order valence-corrected chi connectivity index (χ1v) is 6.47. The molecule has 1 radical (unpaired) electrons. The predicted molar refractivity (Wildman–Crippen MR) is 67.0 cm³/mol. The van der Waals surface area contributed by atoms with Gasteiger partial charge in [-0.1, -0.05) is 6.92 Å². The number of ether oxygens (including phenoxy) is 1. The molecule has 0 amide bonds. The summed E-state index contributed by atoms with van der Waals surface area (Å²) in [6.45, 7) is 5.85. The molecular formula is C14H19N2O. The van der Waals surface area contributed by atoms with Gasteiger partial charge in [0, 0.05) is 12.2 Å². The molecule has 2 fully saturated rings. The molecule has 1 saturated carbocycles. The van der Waals surface area contributed by atoms with Gasteiger partial charge in [-0.3, -0.25) is 4.98 Å². The molecule has 3 heteroatoms. The Hall–Kier alpha value is -1.09. The van der Waals surface area contributed by atoms with E-state index in [1.807, 2.05) is 12.4 Å². The fourth-order valence-electron chi connectivity index (χ4n) is 2.38. The summed E-state index contributed by atoms with van der Waals surface area (Å²) in [7, 11) is 0. The summed E-state index contributed by atoms with van der Waals surface area (Å²) in [5, 5.41) is 3.33. The normalized spacial score (nSPS) is 30.8. The van der Waals surface area contributed by atoms with Gasteiger partial charge in [0.2, 0.25) is 0 Å². The molecule has 1 aromatic rings. The minimum absolute atomic E-state index is 0.534. The lowest BCUT2D eigenvalue weighted by Crippen LogP contribution is -2.46. The van der Waals surface area contributed by atoms with Crippen LogP contribution in [0.25, 0.3) is 0 Å². The summed E-state index contributed by atoms with van der Waals surface area (Å²) >= 11 is 0. The summed E-state index contributed by atoms with van der Waals surface area (Å²) in [6, 6.07) is 2.68. The Labute approximate surface area is 103 Å². The Morgan fingerprint density at radius 3 is 3.00 bits per heavy atom. The molecule has 1 saturated heterocycles. The van der Waals surface area contributed by atoms with E-state index in [1.165, 1.54) is 18.4 Å².